The molecule has 0 unspecified atom stereocenters. The number of nitrogens with zero attached hydrogens (tertiary/aromatic N) is 3. The molecule has 0 aliphatic rings. The maximum absolute atomic E-state index is 5.40. The van der Waals surface area contributed by atoms with Gasteiger partial charge in [-0.2, -0.15) is 4.98 Å². The molecule has 0 atom stereocenters. The van der Waals surface area contributed by atoms with Crippen LogP contribution in [0.25, 0.3) is 11.4 Å². The Bertz CT molecular complexity index is 704. The highest BCUT2D eigenvalue weighted by Gasteiger charge is 2.12. The Balaban J connectivity index is 1.69. The number of aryl methyl sites for hydroxylation is 1. The summed E-state index contributed by atoms with van der Waals surface area (Å²) in [6.07, 6.45) is 0. The molecule has 0 aliphatic carbocycles. The molecule has 4 nitrogen and oxygen atoms in total. The van der Waals surface area contributed by atoms with Gasteiger partial charge >= 0.3 is 0 Å². The van der Waals surface area contributed by atoms with Gasteiger partial charge < -0.3 is 4.52 Å². The molecular formula is C17H19N3OS. The number of hydrogen-bond acceptors (Lipinski definition) is 5. The van der Waals surface area contributed by atoms with E-state index in [4.69, 9.17) is 4.52 Å². The van der Waals surface area contributed by atoms with Crippen molar-refractivity contribution in [3.8, 4) is 11.4 Å². The summed E-state index contributed by atoms with van der Waals surface area (Å²) in [6.45, 7) is 6.74. The largest absolute Gasteiger partial charge is 0.338 e. The monoisotopic (exact) mass is 313 g/mol. The van der Waals surface area contributed by atoms with Crippen molar-refractivity contribution < 1.29 is 4.52 Å². The number of thiophene rings is 1. The highest BCUT2D eigenvalue weighted by molar-refractivity contribution is 7.09. The first-order valence-electron chi connectivity index (χ1n) is 7.39. The zero-order valence-corrected chi connectivity index (χ0v) is 13.6. The predicted octanol–water partition coefficient (Wildman–Crippen LogP) is 4.13. The second-order valence-electron chi connectivity index (χ2n) is 5.26. The zero-order valence-electron chi connectivity index (χ0n) is 12.8. The summed E-state index contributed by atoms with van der Waals surface area (Å²) in [5.74, 6) is 1.32. The van der Waals surface area contributed by atoms with Crippen molar-refractivity contribution in [3.05, 3.63) is 58.1 Å². The minimum absolute atomic E-state index is 0.655. The molecule has 114 valence electrons. The SMILES string of the molecule is CCN(Cc1nc(-c2ccc(C)cc2)no1)Cc1cccs1. The van der Waals surface area contributed by atoms with E-state index in [1.165, 1.54) is 10.4 Å². The Hall–Kier alpha value is -1.98. The molecule has 0 amide bonds. The molecule has 22 heavy (non-hydrogen) atoms. The molecule has 2 heterocycles. The van der Waals surface area contributed by atoms with Gasteiger partial charge in [0.25, 0.3) is 0 Å². The summed E-state index contributed by atoms with van der Waals surface area (Å²) in [6, 6.07) is 12.4. The second kappa shape index (κ2) is 6.85. The van der Waals surface area contributed by atoms with Gasteiger partial charge in [-0.1, -0.05) is 48.0 Å². The van der Waals surface area contributed by atoms with Crippen LogP contribution in [0.4, 0.5) is 0 Å². The first-order valence-corrected chi connectivity index (χ1v) is 8.27. The number of aromatic nitrogens is 2. The average molecular weight is 313 g/mol. The van der Waals surface area contributed by atoms with E-state index in [9.17, 15) is 0 Å². The van der Waals surface area contributed by atoms with Gasteiger partial charge in [0, 0.05) is 17.0 Å². The number of rotatable bonds is 6. The highest BCUT2D eigenvalue weighted by atomic mass is 32.1. The summed E-state index contributed by atoms with van der Waals surface area (Å²) in [5.41, 5.74) is 2.21. The van der Waals surface area contributed by atoms with Gasteiger partial charge in [-0.15, -0.1) is 11.3 Å². The van der Waals surface area contributed by atoms with E-state index in [-0.39, 0.29) is 0 Å². The van der Waals surface area contributed by atoms with Gasteiger partial charge in [0.1, 0.15) is 0 Å². The number of benzene rings is 1. The lowest BCUT2D eigenvalue weighted by Crippen LogP contribution is -2.21. The van der Waals surface area contributed by atoms with Crippen LogP contribution in [-0.4, -0.2) is 21.6 Å². The maximum Gasteiger partial charge on any atom is 0.241 e. The van der Waals surface area contributed by atoms with E-state index in [0.29, 0.717) is 18.3 Å². The van der Waals surface area contributed by atoms with Gasteiger partial charge in [0.05, 0.1) is 6.54 Å². The normalized spacial score (nSPS) is 11.2. The van der Waals surface area contributed by atoms with Crippen molar-refractivity contribution in [1.29, 1.82) is 0 Å². The van der Waals surface area contributed by atoms with Crippen molar-refractivity contribution >= 4 is 11.3 Å². The third-order valence-electron chi connectivity index (χ3n) is 3.54. The maximum atomic E-state index is 5.40. The van der Waals surface area contributed by atoms with Crippen molar-refractivity contribution in [2.45, 2.75) is 26.9 Å². The lowest BCUT2D eigenvalue weighted by molar-refractivity contribution is 0.230. The summed E-state index contributed by atoms with van der Waals surface area (Å²) in [7, 11) is 0. The standard InChI is InChI=1S/C17H19N3OS/c1-3-20(11-15-5-4-10-22-15)12-16-18-17(19-21-16)14-8-6-13(2)7-9-14/h4-10H,3,11-12H2,1-2H3. The highest BCUT2D eigenvalue weighted by Crippen LogP contribution is 2.18. The Morgan fingerprint density at radius 1 is 1.14 bits per heavy atom. The van der Waals surface area contributed by atoms with Crippen molar-refractivity contribution in [3.63, 3.8) is 0 Å². The summed E-state index contributed by atoms with van der Waals surface area (Å²) < 4.78 is 5.40. The van der Waals surface area contributed by atoms with Gasteiger partial charge in [-0.25, -0.2) is 0 Å². The topological polar surface area (TPSA) is 42.2 Å². The van der Waals surface area contributed by atoms with Crippen LogP contribution in [0, 0.1) is 6.92 Å². The van der Waals surface area contributed by atoms with Gasteiger partial charge in [-0.3, -0.25) is 4.90 Å². The smallest absolute Gasteiger partial charge is 0.241 e. The van der Waals surface area contributed by atoms with Crippen molar-refractivity contribution in [2.24, 2.45) is 0 Å². The first-order chi connectivity index (χ1) is 10.7. The Kier molecular flexibility index (Phi) is 4.65. The van der Waals surface area contributed by atoms with E-state index in [1.54, 1.807) is 11.3 Å². The molecule has 1 aromatic carbocycles. The summed E-state index contributed by atoms with van der Waals surface area (Å²) >= 11 is 1.77. The van der Waals surface area contributed by atoms with E-state index < -0.39 is 0 Å². The fraction of sp³-hybridized carbons (Fsp3) is 0.294. The Labute approximate surface area is 134 Å². The Morgan fingerprint density at radius 2 is 1.95 bits per heavy atom. The van der Waals surface area contributed by atoms with Gasteiger partial charge in [-0.05, 0) is 24.9 Å². The molecular weight excluding hydrogens is 294 g/mol. The zero-order chi connectivity index (χ0) is 15.4. The van der Waals surface area contributed by atoms with Gasteiger partial charge in [0.2, 0.25) is 11.7 Å². The fourth-order valence-corrected chi connectivity index (χ4v) is 2.98. The van der Waals surface area contributed by atoms with Crippen LogP contribution in [0.3, 0.4) is 0 Å². The third-order valence-corrected chi connectivity index (χ3v) is 4.40. The summed E-state index contributed by atoms with van der Waals surface area (Å²) in [5, 5.41) is 6.19. The van der Waals surface area contributed by atoms with Crippen LogP contribution in [0.15, 0.2) is 46.3 Å². The molecule has 0 bridgehead atoms. The molecule has 0 saturated heterocycles. The molecule has 3 rings (SSSR count). The van der Waals surface area contributed by atoms with Crippen molar-refractivity contribution in [1.82, 2.24) is 15.0 Å². The lowest BCUT2D eigenvalue weighted by atomic mass is 10.1. The molecule has 0 radical (unpaired) electrons. The predicted molar refractivity (Wildman–Crippen MR) is 88.6 cm³/mol. The molecule has 2 aromatic heterocycles. The van der Waals surface area contributed by atoms with Crippen LogP contribution >= 0.6 is 11.3 Å². The second-order valence-corrected chi connectivity index (χ2v) is 6.29. The van der Waals surface area contributed by atoms with Crippen LogP contribution in [-0.2, 0) is 13.1 Å². The first kappa shape index (κ1) is 14.9. The van der Waals surface area contributed by atoms with E-state index >= 15 is 0 Å². The van der Waals surface area contributed by atoms with Crippen LogP contribution < -0.4 is 0 Å². The van der Waals surface area contributed by atoms with Crippen LogP contribution in [0.2, 0.25) is 0 Å². The molecule has 3 aromatic rings. The van der Waals surface area contributed by atoms with E-state index in [1.807, 2.05) is 12.1 Å². The van der Waals surface area contributed by atoms with Gasteiger partial charge in [0.15, 0.2) is 0 Å². The molecule has 5 heteroatoms. The van der Waals surface area contributed by atoms with E-state index in [0.717, 1.165) is 18.7 Å². The minimum atomic E-state index is 0.655. The average Bonchev–Trinajstić information content (AvgIpc) is 3.19. The Morgan fingerprint density at radius 3 is 2.64 bits per heavy atom. The fourth-order valence-electron chi connectivity index (χ4n) is 2.23. The van der Waals surface area contributed by atoms with E-state index in [2.05, 4.69) is 58.5 Å². The molecule has 0 spiro atoms. The van der Waals surface area contributed by atoms with Crippen molar-refractivity contribution in [2.75, 3.05) is 6.54 Å². The molecule has 0 fully saturated rings. The summed E-state index contributed by atoms with van der Waals surface area (Å²) in [4.78, 5) is 8.15. The lowest BCUT2D eigenvalue weighted by Gasteiger charge is -2.16. The quantitative estimate of drug-likeness (QED) is 0.686. The molecule has 0 saturated carbocycles. The van der Waals surface area contributed by atoms with Crippen LogP contribution in [0.5, 0.6) is 0 Å². The molecule has 0 N–H and O–H groups in total. The third kappa shape index (κ3) is 3.61. The number of hydrogen-bond donors (Lipinski definition) is 0. The minimum Gasteiger partial charge on any atom is -0.338 e. The van der Waals surface area contributed by atoms with Crippen LogP contribution in [0.1, 0.15) is 23.3 Å². The molecule has 0 aliphatic heterocycles.